The van der Waals surface area contributed by atoms with E-state index in [-0.39, 0.29) is 0 Å². The molecule has 0 bridgehead atoms. The first-order chi connectivity index (χ1) is 8.77. The second-order valence-electron chi connectivity index (χ2n) is 5.35. The summed E-state index contributed by atoms with van der Waals surface area (Å²) in [5.74, 6) is 1.75. The maximum Gasteiger partial charge on any atom is 0.165 e. The summed E-state index contributed by atoms with van der Waals surface area (Å²) in [6.45, 7) is 7.00. The zero-order valence-corrected chi connectivity index (χ0v) is 10.7. The van der Waals surface area contributed by atoms with E-state index in [1.165, 1.54) is 0 Å². The molecule has 1 aromatic rings. The molecule has 0 saturated carbocycles. The molecule has 2 aliphatic rings. The number of rotatable bonds is 4. The van der Waals surface area contributed by atoms with Gasteiger partial charge in [0.1, 0.15) is 13.2 Å². The molecule has 0 unspecified atom stereocenters. The Labute approximate surface area is 107 Å². The topological polar surface area (TPSA) is 39.7 Å². The number of para-hydroxylation sites is 1. The van der Waals surface area contributed by atoms with Crippen LogP contribution in [0.1, 0.15) is 12.5 Å². The van der Waals surface area contributed by atoms with Crippen LogP contribution in [0.25, 0.3) is 0 Å². The van der Waals surface area contributed by atoms with E-state index in [2.05, 4.69) is 18.3 Å². The molecule has 2 heterocycles. The van der Waals surface area contributed by atoms with E-state index in [1.54, 1.807) is 0 Å². The Morgan fingerprint density at radius 1 is 1.22 bits per heavy atom. The minimum absolute atomic E-state index is 0.298. The normalized spacial score (nSPS) is 20.3. The zero-order chi connectivity index (χ0) is 12.4. The van der Waals surface area contributed by atoms with Crippen molar-refractivity contribution in [3.05, 3.63) is 23.8 Å². The van der Waals surface area contributed by atoms with Crippen molar-refractivity contribution in [3.63, 3.8) is 0 Å². The highest BCUT2D eigenvalue weighted by Crippen LogP contribution is 2.33. The highest BCUT2D eigenvalue weighted by atomic mass is 16.6. The van der Waals surface area contributed by atoms with Gasteiger partial charge in [-0.15, -0.1) is 0 Å². The maximum absolute atomic E-state index is 5.69. The summed E-state index contributed by atoms with van der Waals surface area (Å²) in [5.41, 5.74) is 1.46. The Bertz CT molecular complexity index is 429. The predicted molar refractivity (Wildman–Crippen MR) is 68.1 cm³/mol. The maximum atomic E-state index is 5.69. The molecule has 0 aliphatic carbocycles. The third-order valence-electron chi connectivity index (χ3n) is 3.42. The second kappa shape index (κ2) is 4.78. The lowest BCUT2D eigenvalue weighted by molar-refractivity contribution is -0.0991. The summed E-state index contributed by atoms with van der Waals surface area (Å²) in [4.78, 5) is 0. The van der Waals surface area contributed by atoms with E-state index < -0.39 is 0 Å². The van der Waals surface area contributed by atoms with E-state index in [0.29, 0.717) is 18.6 Å². The van der Waals surface area contributed by atoms with Crippen molar-refractivity contribution in [2.24, 2.45) is 5.41 Å². The molecule has 4 nitrogen and oxygen atoms in total. The lowest BCUT2D eigenvalue weighted by Crippen LogP contribution is -2.47. The molecule has 0 aromatic heterocycles. The minimum Gasteiger partial charge on any atom is -0.486 e. The summed E-state index contributed by atoms with van der Waals surface area (Å²) < 4.78 is 16.5. The molecule has 3 rings (SSSR count). The van der Waals surface area contributed by atoms with E-state index in [4.69, 9.17) is 14.2 Å². The van der Waals surface area contributed by atoms with Gasteiger partial charge in [0.2, 0.25) is 0 Å². The summed E-state index contributed by atoms with van der Waals surface area (Å²) in [5, 5.41) is 3.48. The van der Waals surface area contributed by atoms with E-state index in [9.17, 15) is 0 Å². The Morgan fingerprint density at radius 2 is 2.06 bits per heavy atom. The average Bonchev–Trinajstić information content (AvgIpc) is 2.37. The smallest absolute Gasteiger partial charge is 0.165 e. The van der Waals surface area contributed by atoms with Crippen molar-refractivity contribution in [2.45, 2.75) is 13.5 Å². The van der Waals surface area contributed by atoms with Gasteiger partial charge >= 0.3 is 0 Å². The van der Waals surface area contributed by atoms with E-state index in [1.807, 2.05) is 12.1 Å². The molecule has 98 valence electrons. The minimum atomic E-state index is 0.298. The van der Waals surface area contributed by atoms with Crippen LogP contribution in [-0.2, 0) is 11.3 Å². The van der Waals surface area contributed by atoms with Crippen LogP contribution in [0, 0.1) is 5.41 Å². The summed E-state index contributed by atoms with van der Waals surface area (Å²) in [7, 11) is 0. The van der Waals surface area contributed by atoms with Crippen LogP contribution in [0.2, 0.25) is 0 Å². The molecule has 18 heavy (non-hydrogen) atoms. The molecule has 0 atom stereocenters. The first-order valence-corrected chi connectivity index (χ1v) is 6.43. The molecule has 0 amide bonds. The molecule has 1 fully saturated rings. The standard InChI is InChI=1S/C14H19NO3/c1-14(9-16-10-14)8-15-7-11-3-2-4-12-13(11)18-6-5-17-12/h2-4,15H,5-10H2,1H3. The number of benzene rings is 1. The number of ether oxygens (including phenoxy) is 3. The first-order valence-electron chi connectivity index (χ1n) is 6.43. The van der Waals surface area contributed by atoms with Gasteiger partial charge in [-0.25, -0.2) is 0 Å². The van der Waals surface area contributed by atoms with E-state index in [0.717, 1.165) is 43.4 Å². The van der Waals surface area contributed by atoms with Gasteiger partial charge in [0.05, 0.1) is 13.2 Å². The monoisotopic (exact) mass is 249 g/mol. The van der Waals surface area contributed by atoms with Gasteiger partial charge in [0.25, 0.3) is 0 Å². The van der Waals surface area contributed by atoms with Gasteiger partial charge in [-0.3, -0.25) is 0 Å². The molecule has 1 N–H and O–H groups in total. The number of nitrogens with one attached hydrogen (secondary N) is 1. The van der Waals surface area contributed by atoms with Crippen LogP contribution in [0.15, 0.2) is 18.2 Å². The third-order valence-corrected chi connectivity index (χ3v) is 3.42. The largest absolute Gasteiger partial charge is 0.486 e. The van der Waals surface area contributed by atoms with Crippen molar-refractivity contribution >= 4 is 0 Å². The molecular weight excluding hydrogens is 230 g/mol. The molecule has 2 aliphatic heterocycles. The summed E-state index contributed by atoms with van der Waals surface area (Å²) in [6.07, 6.45) is 0. The lowest BCUT2D eigenvalue weighted by atomic mass is 9.89. The molecule has 0 radical (unpaired) electrons. The average molecular weight is 249 g/mol. The van der Waals surface area contributed by atoms with E-state index >= 15 is 0 Å². The Balaban J connectivity index is 1.62. The third kappa shape index (κ3) is 2.31. The fourth-order valence-corrected chi connectivity index (χ4v) is 2.32. The summed E-state index contributed by atoms with van der Waals surface area (Å²) in [6, 6.07) is 6.05. The number of hydrogen-bond donors (Lipinski definition) is 1. The van der Waals surface area contributed by atoms with Crippen molar-refractivity contribution in [1.82, 2.24) is 5.32 Å². The van der Waals surface area contributed by atoms with Gasteiger partial charge in [-0.05, 0) is 6.07 Å². The number of fused-ring (bicyclic) bond motifs is 1. The quantitative estimate of drug-likeness (QED) is 0.879. The molecule has 1 aromatic carbocycles. The second-order valence-corrected chi connectivity index (χ2v) is 5.35. The Hall–Kier alpha value is -1.26. The van der Waals surface area contributed by atoms with Gasteiger partial charge in [-0.1, -0.05) is 19.1 Å². The van der Waals surface area contributed by atoms with Crippen LogP contribution in [0.3, 0.4) is 0 Å². The molecular formula is C14H19NO3. The van der Waals surface area contributed by atoms with Crippen molar-refractivity contribution in [2.75, 3.05) is 33.0 Å². The molecule has 1 saturated heterocycles. The van der Waals surface area contributed by atoms with Crippen LogP contribution in [-0.4, -0.2) is 33.0 Å². The van der Waals surface area contributed by atoms with Crippen molar-refractivity contribution in [1.29, 1.82) is 0 Å². The number of hydrogen-bond acceptors (Lipinski definition) is 4. The fraction of sp³-hybridized carbons (Fsp3) is 0.571. The van der Waals surface area contributed by atoms with Crippen LogP contribution in [0.5, 0.6) is 11.5 Å². The van der Waals surface area contributed by atoms with Gasteiger partial charge in [0.15, 0.2) is 11.5 Å². The van der Waals surface area contributed by atoms with Crippen LogP contribution in [0.4, 0.5) is 0 Å². The Kier molecular flexibility index (Phi) is 3.14. The van der Waals surface area contributed by atoms with Gasteiger partial charge in [-0.2, -0.15) is 0 Å². The molecule has 4 heteroatoms. The first kappa shape index (κ1) is 11.8. The highest BCUT2D eigenvalue weighted by molar-refractivity contribution is 5.47. The van der Waals surface area contributed by atoms with Crippen molar-refractivity contribution in [3.8, 4) is 11.5 Å². The Morgan fingerprint density at radius 3 is 2.83 bits per heavy atom. The predicted octanol–water partition coefficient (Wildman–Crippen LogP) is 1.58. The molecule has 0 spiro atoms. The van der Waals surface area contributed by atoms with Gasteiger partial charge in [0, 0.05) is 24.1 Å². The SMILES string of the molecule is CC1(CNCc2cccc3c2OCCO3)COC1. The zero-order valence-electron chi connectivity index (χ0n) is 10.7. The van der Waals surface area contributed by atoms with Crippen molar-refractivity contribution < 1.29 is 14.2 Å². The fourth-order valence-electron chi connectivity index (χ4n) is 2.32. The van der Waals surface area contributed by atoms with Gasteiger partial charge < -0.3 is 19.5 Å². The summed E-state index contributed by atoms with van der Waals surface area (Å²) >= 11 is 0. The highest BCUT2D eigenvalue weighted by Gasteiger charge is 2.32. The lowest BCUT2D eigenvalue weighted by Gasteiger charge is -2.38. The van der Waals surface area contributed by atoms with Crippen LogP contribution < -0.4 is 14.8 Å². The van der Waals surface area contributed by atoms with Crippen LogP contribution >= 0.6 is 0 Å².